The van der Waals surface area contributed by atoms with E-state index in [0.29, 0.717) is 0 Å². The molecule has 19 heavy (non-hydrogen) atoms. The van der Waals surface area contributed by atoms with Gasteiger partial charge in [0.1, 0.15) is 6.04 Å². The second-order valence-electron chi connectivity index (χ2n) is 5.32. The molecule has 1 aromatic rings. The Kier molecular flexibility index (Phi) is 4.43. The predicted octanol–water partition coefficient (Wildman–Crippen LogP) is 2.36. The van der Waals surface area contributed by atoms with Crippen molar-refractivity contribution in [1.82, 2.24) is 4.90 Å². The van der Waals surface area contributed by atoms with Gasteiger partial charge in [-0.05, 0) is 43.6 Å². The molecule has 0 amide bonds. The highest BCUT2D eigenvalue weighted by atomic mass is 16.4. The number of anilines is 1. The molecule has 0 aliphatic carbocycles. The van der Waals surface area contributed by atoms with E-state index >= 15 is 0 Å². The van der Waals surface area contributed by atoms with E-state index in [2.05, 4.69) is 4.90 Å². The Morgan fingerprint density at radius 2 is 1.74 bits per heavy atom. The van der Waals surface area contributed by atoms with Gasteiger partial charge in [-0.2, -0.15) is 0 Å². The Bertz CT molecular complexity index is 422. The summed E-state index contributed by atoms with van der Waals surface area (Å²) in [6.07, 6.45) is 3.40. The number of carboxylic acid groups (broad SMARTS) is 1. The summed E-state index contributed by atoms with van der Waals surface area (Å²) in [5.41, 5.74) is 1.96. The topological polar surface area (TPSA) is 43.8 Å². The third-order valence-corrected chi connectivity index (χ3v) is 3.71. The van der Waals surface area contributed by atoms with E-state index in [1.54, 1.807) is 0 Å². The fourth-order valence-electron chi connectivity index (χ4n) is 2.64. The van der Waals surface area contributed by atoms with Crippen molar-refractivity contribution in [3.05, 3.63) is 29.8 Å². The Morgan fingerprint density at radius 1 is 1.16 bits per heavy atom. The normalized spacial score (nSPS) is 18.0. The van der Waals surface area contributed by atoms with Gasteiger partial charge in [-0.15, -0.1) is 0 Å². The highest BCUT2D eigenvalue weighted by Crippen LogP contribution is 2.26. The third kappa shape index (κ3) is 3.26. The molecule has 1 aliphatic rings. The lowest BCUT2D eigenvalue weighted by atomic mass is 10.0. The summed E-state index contributed by atoms with van der Waals surface area (Å²) in [6.45, 7) is 1.76. The number of piperidine rings is 1. The Morgan fingerprint density at radius 3 is 2.21 bits per heavy atom. The van der Waals surface area contributed by atoms with Crippen LogP contribution in [0.2, 0.25) is 0 Å². The Hall–Kier alpha value is -1.55. The predicted molar refractivity (Wildman–Crippen MR) is 76.6 cm³/mol. The minimum atomic E-state index is -0.750. The monoisotopic (exact) mass is 262 g/mol. The van der Waals surface area contributed by atoms with Crippen molar-refractivity contribution in [3.63, 3.8) is 0 Å². The van der Waals surface area contributed by atoms with Crippen LogP contribution in [0.3, 0.4) is 0 Å². The van der Waals surface area contributed by atoms with E-state index in [1.165, 1.54) is 6.42 Å². The zero-order chi connectivity index (χ0) is 13.8. The van der Waals surface area contributed by atoms with Crippen LogP contribution in [0, 0.1) is 0 Å². The second-order valence-corrected chi connectivity index (χ2v) is 5.32. The molecule has 2 rings (SSSR count). The van der Waals surface area contributed by atoms with E-state index in [-0.39, 0.29) is 0 Å². The van der Waals surface area contributed by atoms with Crippen LogP contribution in [0.1, 0.15) is 30.9 Å². The first-order chi connectivity index (χ1) is 9.09. The first kappa shape index (κ1) is 13.9. The molecule has 104 valence electrons. The smallest absolute Gasteiger partial charge is 0.325 e. The molecule has 0 radical (unpaired) electrons. The minimum Gasteiger partial charge on any atom is -0.480 e. The van der Waals surface area contributed by atoms with Gasteiger partial charge in [-0.3, -0.25) is 9.69 Å². The molecule has 4 nitrogen and oxygen atoms in total. The van der Waals surface area contributed by atoms with Gasteiger partial charge in [-0.1, -0.05) is 18.6 Å². The first-order valence-corrected chi connectivity index (χ1v) is 6.84. The van der Waals surface area contributed by atoms with Crippen molar-refractivity contribution in [2.75, 3.05) is 32.1 Å². The van der Waals surface area contributed by atoms with E-state index in [1.807, 2.05) is 43.3 Å². The Labute approximate surface area is 114 Å². The molecule has 4 heteroatoms. The number of carbonyl (C=O) groups is 1. The molecule has 0 aromatic heterocycles. The maximum Gasteiger partial charge on any atom is 0.325 e. The van der Waals surface area contributed by atoms with E-state index in [0.717, 1.165) is 37.2 Å². The molecular formula is C15H22N2O2. The average Bonchev–Trinajstić information content (AvgIpc) is 2.40. The number of rotatable bonds is 4. The molecule has 1 aliphatic heterocycles. The molecule has 0 bridgehead atoms. The first-order valence-electron chi connectivity index (χ1n) is 6.84. The van der Waals surface area contributed by atoms with Gasteiger partial charge in [0, 0.05) is 19.8 Å². The molecule has 1 unspecified atom stereocenters. The van der Waals surface area contributed by atoms with Crippen LogP contribution in [-0.2, 0) is 4.79 Å². The van der Waals surface area contributed by atoms with Gasteiger partial charge in [0.05, 0.1) is 0 Å². The van der Waals surface area contributed by atoms with Crippen LogP contribution < -0.4 is 4.90 Å². The molecular weight excluding hydrogens is 240 g/mol. The standard InChI is InChI=1S/C15H22N2O2/c1-16(2)13-8-6-12(7-9-13)14(15(18)19)17-10-4-3-5-11-17/h6-9,14H,3-5,10-11H2,1-2H3,(H,18,19). The quantitative estimate of drug-likeness (QED) is 0.904. The van der Waals surface area contributed by atoms with Gasteiger partial charge in [0.25, 0.3) is 0 Å². The molecule has 0 spiro atoms. The fraction of sp³-hybridized carbons (Fsp3) is 0.533. The minimum absolute atomic E-state index is 0.503. The highest BCUT2D eigenvalue weighted by molar-refractivity contribution is 5.75. The van der Waals surface area contributed by atoms with Crippen molar-refractivity contribution in [3.8, 4) is 0 Å². The number of nitrogens with zero attached hydrogens (tertiary/aromatic N) is 2. The second kappa shape index (κ2) is 6.06. The van der Waals surface area contributed by atoms with Crippen molar-refractivity contribution in [2.24, 2.45) is 0 Å². The van der Waals surface area contributed by atoms with E-state index in [4.69, 9.17) is 0 Å². The van der Waals surface area contributed by atoms with Crippen LogP contribution in [0.5, 0.6) is 0 Å². The van der Waals surface area contributed by atoms with Crippen molar-refractivity contribution in [2.45, 2.75) is 25.3 Å². The van der Waals surface area contributed by atoms with Crippen molar-refractivity contribution >= 4 is 11.7 Å². The van der Waals surface area contributed by atoms with Gasteiger partial charge >= 0.3 is 5.97 Å². The average molecular weight is 262 g/mol. The number of benzene rings is 1. The number of aliphatic carboxylic acids is 1. The summed E-state index contributed by atoms with van der Waals surface area (Å²) < 4.78 is 0. The molecule has 1 saturated heterocycles. The van der Waals surface area contributed by atoms with Crippen molar-refractivity contribution in [1.29, 1.82) is 0 Å². The number of carboxylic acids is 1. The Balaban J connectivity index is 2.20. The largest absolute Gasteiger partial charge is 0.480 e. The van der Waals surface area contributed by atoms with Crippen molar-refractivity contribution < 1.29 is 9.90 Å². The summed E-state index contributed by atoms with van der Waals surface area (Å²) in [5.74, 6) is -0.750. The van der Waals surface area contributed by atoms with Crippen LogP contribution >= 0.6 is 0 Å². The van der Waals surface area contributed by atoms with Crippen LogP contribution in [0.25, 0.3) is 0 Å². The molecule has 0 saturated carbocycles. The van der Waals surface area contributed by atoms with Crippen LogP contribution in [-0.4, -0.2) is 43.2 Å². The lowest BCUT2D eigenvalue weighted by molar-refractivity contribution is -0.144. The maximum atomic E-state index is 11.6. The number of hydrogen-bond acceptors (Lipinski definition) is 3. The number of hydrogen-bond donors (Lipinski definition) is 1. The zero-order valence-corrected chi connectivity index (χ0v) is 11.7. The fourth-order valence-corrected chi connectivity index (χ4v) is 2.64. The zero-order valence-electron chi connectivity index (χ0n) is 11.7. The molecule has 1 aromatic carbocycles. The number of likely N-dealkylation sites (tertiary alicyclic amines) is 1. The summed E-state index contributed by atoms with van der Waals surface area (Å²) in [5, 5.41) is 9.51. The summed E-state index contributed by atoms with van der Waals surface area (Å²) >= 11 is 0. The van der Waals surface area contributed by atoms with Gasteiger partial charge in [-0.25, -0.2) is 0 Å². The lowest BCUT2D eigenvalue weighted by Gasteiger charge is -2.32. The van der Waals surface area contributed by atoms with Crippen LogP contribution in [0.4, 0.5) is 5.69 Å². The molecule has 1 heterocycles. The molecule has 1 N–H and O–H groups in total. The molecule has 1 fully saturated rings. The van der Waals surface area contributed by atoms with Gasteiger partial charge in [0.15, 0.2) is 0 Å². The summed E-state index contributed by atoms with van der Waals surface area (Å²) in [7, 11) is 3.96. The van der Waals surface area contributed by atoms with E-state index < -0.39 is 12.0 Å². The highest BCUT2D eigenvalue weighted by Gasteiger charge is 2.28. The SMILES string of the molecule is CN(C)c1ccc(C(C(=O)O)N2CCCCC2)cc1. The third-order valence-electron chi connectivity index (χ3n) is 3.71. The van der Waals surface area contributed by atoms with Gasteiger partial charge in [0.2, 0.25) is 0 Å². The summed E-state index contributed by atoms with van der Waals surface area (Å²) in [6, 6.07) is 7.33. The van der Waals surface area contributed by atoms with Gasteiger partial charge < -0.3 is 10.0 Å². The lowest BCUT2D eigenvalue weighted by Crippen LogP contribution is -2.37. The summed E-state index contributed by atoms with van der Waals surface area (Å²) in [4.78, 5) is 15.7. The van der Waals surface area contributed by atoms with E-state index in [9.17, 15) is 9.90 Å². The maximum absolute atomic E-state index is 11.6. The molecule has 1 atom stereocenters. The van der Waals surface area contributed by atoms with Crippen LogP contribution in [0.15, 0.2) is 24.3 Å².